The van der Waals surface area contributed by atoms with Crippen LogP contribution in [-0.4, -0.2) is 34.1 Å². The minimum Gasteiger partial charge on any atom is -0.416 e. The molecule has 9 nitrogen and oxygen atoms in total. The van der Waals surface area contributed by atoms with E-state index < -0.39 is 4.92 Å². The van der Waals surface area contributed by atoms with Crippen molar-refractivity contribution in [2.24, 2.45) is 0 Å². The van der Waals surface area contributed by atoms with Crippen LogP contribution in [0.1, 0.15) is 15.9 Å². The predicted octanol–water partition coefficient (Wildman–Crippen LogP) is 4.46. The Morgan fingerprint density at radius 1 is 0.909 bits per heavy atom. The second-order valence-electron chi connectivity index (χ2n) is 7.31. The molecule has 0 spiro atoms. The second kappa shape index (κ2) is 9.73. The smallest absolute Gasteiger partial charge is 0.292 e. The number of anilines is 1. The molecule has 33 heavy (non-hydrogen) atoms. The molecule has 166 valence electrons. The lowest BCUT2D eigenvalue weighted by Crippen LogP contribution is -2.28. The summed E-state index contributed by atoms with van der Waals surface area (Å²) in [6.45, 7) is 2.65. The molecule has 3 aromatic carbocycles. The van der Waals surface area contributed by atoms with Crippen molar-refractivity contribution in [1.82, 2.24) is 15.5 Å². The number of nitrogens with zero attached hydrogens (tertiary/aromatic N) is 3. The Bertz CT molecular complexity index is 1270. The van der Waals surface area contributed by atoms with Gasteiger partial charge in [-0.3, -0.25) is 14.9 Å². The molecule has 0 aliphatic carbocycles. The number of hydrogen-bond acceptors (Lipinski definition) is 7. The largest absolute Gasteiger partial charge is 0.416 e. The van der Waals surface area contributed by atoms with E-state index in [1.165, 1.54) is 6.07 Å². The molecular formula is C24H21N5O4. The lowest BCUT2D eigenvalue weighted by Gasteiger charge is -2.08. The van der Waals surface area contributed by atoms with Gasteiger partial charge < -0.3 is 15.1 Å². The summed E-state index contributed by atoms with van der Waals surface area (Å²) in [5.74, 6) is 0.543. The maximum atomic E-state index is 12.4. The first kappa shape index (κ1) is 21.7. The van der Waals surface area contributed by atoms with Crippen LogP contribution in [0.3, 0.4) is 0 Å². The molecule has 1 amide bonds. The number of aryl methyl sites for hydroxylation is 1. The fourth-order valence-electron chi connectivity index (χ4n) is 3.17. The summed E-state index contributed by atoms with van der Waals surface area (Å²) >= 11 is 0. The summed E-state index contributed by atoms with van der Waals surface area (Å²) in [7, 11) is 0. The van der Waals surface area contributed by atoms with Gasteiger partial charge in [-0.2, -0.15) is 0 Å². The molecule has 0 unspecified atom stereocenters. The van der Waals surface area contributed by atoms with Crippen molar-refractivity contribution in [2.75, 3.05) is 18.4 Å². The van der Waals surface area contributed by atoms with Crippen molar-refractivity contribution in [3.05, 3.63) is 94.0 Å². The molecule has 2 N–H and O–H groups in total. The van der Waals surface area contributed by atoms with Gasteiger partial charge in [-0.25, -0.2) is 0 Å². The van der Waals surface area contributed by atoms with Crippen LogP contribution in [0.15, 0.2) is 77.2 Å². The number of carbonyl (C=O) groups is 1. The maximum absolute atomic E-state index is 12.4. The number of para-hydroxylation sites is 2. The first-order chi connectivity index (χ1) is 16.0. The van der Waals surface area contributed by atoms with Crippen LogP contribution in [0.5, 0.6) is 0 Å². The number of nitro benzene ring substituents is 1. The lowest BCUT2D eigenvalue weighted by molar-refractivity contribution is -0.384. The molecule has 1 aromatic heterocycles. The summed E-state index contributed by atoms with van der Waals surface area (Å²) < 4.78 is 5.76. The van der Waals surface area contributed by atoms with Crippen LogP contribution in [0.2, 0.25) is 0 Å². The van der Waals surface area contributed by atoms with E-state index in [1.807, 2.05) is 31.2 Å². The third-order valence-corrected chi connectivity index (χ3v) is 4.94. The Kier molecular flexibility index (Phi) is 6.40. The zero-order valence-electron chi connectivity index (χ0n) is 17.8. The predicted molar refractivity (Wildman–Crippen MR) is 124 cm³/mol. The molecule has 0 saturated heterocycles. The SMILES string of the molecule is Cc1ccc(-c2nnc(-c3ccc(C(=O)NCCNc4ccccc4[N+](=O)[O-])cc3)o2)cc1. The molecule has 0 fully saturated rings. The molecule has 0 bridgehead atoms. The highest BCUT2D eigenvalue weighted by molar-refractivity contribution is 5.94. The standard InChI is InChI=1S/C24H21N5O4/c1-16-6-8-18(9-7-16)23-27-28-24(33-23)19-12-10-17(11-13-19)22(30)26-15-14-25-20-4-2-3-5-21(20)29(31)32/h2-13,25H,14-15H2,1H3,(H,26,30). The average molecular weight is 443 g/mol. The number of aromatic nitrogens is 2. The van der Waals surface area contributed by atoms with Crippen LogP contribution in [0.4, 0.5) is 11.4 Å². The normalized spacial score (nSPS) is 10.6. The van der Waals surface area contributed by atoms with Gasteiger partial charge in [0.2, 0.25) is 11.8 Å². The Hall–Kier alpha value is -4.53. The number of nitrogens with one attached hydrogen (secondary N) is 2. The zero-order chi connectivity index (χ0) is 23.2. The summed E-state index contributed by atoms with van der Waals surface area (Å²) in [6.07, 6.45) is 0. The third kappa shape index (κ3) is 5.21. The molecule has 1 heterocycles. The van der Waals surface area contributed by atoms with E-state index in [0.29, 0.717) is 41.7 Å². The quantitative estimate of drug-likeness (QED) is 0.234. The Morgan fingerprint density at radius 3 is 2.15 bits per heavy atom. The van der Waals surface area contributed by atoms with E-state index in [0.717, 1.165) is 11.1 Å². The molecule has 0 aliphatic rings. The van der Waals surface area contributed by atoms with Crippen LogP contribution in [-0.2, 0) is 0 Å². The van der Waals surface area contributed by atoms with Gasteiger partial charge in [0.05, 0.1) is 4.92 Å². The number of nitro groups is 1. The third-order valence-electron chi connectivity index (χ3n) is 4.94. The molecule has 4 aromatic rings. The van der Waals surface area contributed by atoms with Crippen LogP contribution in [0, 0.1) is 17.0 Å². The highest BCUT2D eigenvalue weighted by atomic mass is 16.6. The Morgan fingerprint density at radius 2 is 1.52 bits per heavy atom. The summed E-state index contributed by atoms with van der Waals surface area (Å²) in [4.78, 5) is 23.0. The summed E-state index contributed by atoms with van der Waals surface area (Å²) in [6, 6.07) is 21.0. The van der Waals surface area contributed by atoms with E-state index in [2.05, 4.69) is 20.8 Å². The zero-order valence-corrected chi connectivity index (χ0v) is 17.8. The monoisotopic (exact) mass is 443 g/mol. The van der Waals surface area contributed by atoms with Gasteiger partial charge >= 0.3 is 0 Å². The number of amides is 1. The van der Waals surface area contributed by atoms with E-state index >= 15 is 0 Å². The second-order valence-corrected chi connectivity index (χ2v) is 7.31. The molecule has 0 radical (unpaired) electrons. The van der Waals surface area contributed by atoms with E-state index in [9.17, 15) is 14.9 Å². The Labute approximate surface area is 189 Å². The van der Waals surface area contributed by atoms with Crippen molar-refractivity contribution in [2.45, 2.75) is 6.92 Å². The molecule has 0 saturated carbocycles. The van der Waals surface area contributed by atoms with Gasteiger partial charge in [0.1, 0.15) is 5.69 Å². The first-order valence-electron chi connectivity index (χ1n) is 10.3. The lowest BCUT2D eigenvalue weighted by atomic mass is 10.1. The fourth-order valence-corrected chi connectivity index (χ4v) is 3.17. The molecule has 4 rings (SSSR count). The van der Waals surface area contributed by atoms with Crippen LogP contribution in [0.25, 0.3) is 22.9 Å². The van der Waals surface area contributed by atoms with E-state index in [-0.39, 0.29) is 11.6 Å². The highest BCUT2D eigenvalue weighted by Crippen LogP contribution is 2.25. The highest BCUT2D eigenvalue weighted by Gasteiger charge is 2.13. The minimum absolute atomic E-state index is 0.00836. The molecular weight excluding hydrogens is 422 g/mol. The van der Waals surface area contributed by atoms with Gasteiger partial charge in [0.25, 0.3) is 11.6 Å². The number of benzene rings is 3. The average Bonchev–Trinajstić information content (AvgIpc) is 3.33. The van der Waals surface area contributed by atoms with Crippen LogP contribution >= 0.6 is 0 Å². The van der Waals surface area contributed by atoms with Crippen LogP contribution < -0.4 is 10.6 Å². The molecule has 0 atom stereocenters. The number of rotatable bonds is 8. The van der Waals surface area contributed by atoms with Crippen molar-refractivity contribution >= 4 is 17.3 Å². The summed E-state index contributed by atoms with van der Waals surface area (Å²) in [5.41, 5.74) is 3.56. The number of hydrogen-bond donors (Lipinski definition) is 2. The summed E-state index contributed by atoms with van der Waals surface area (Å²) in [5, 5.41) is 25.0. The molecule has 9 heteroatoms. The van der Waals surface area contributed by atoms with Gasteiger partial charge in [-0.1, -0.05) is 29.8 Å². The topological polar surface area (TPSA) is 123 Å². The van der Waals surface area contributed by atoms with Gasteiger partial charge in [0.15, 0.2) is 0 Å². The minimum atomic E-state index is -0.449. The van der Waals surface area contributed by atoms with Crippen molar-refractivity contribution < 1.29 is 14.1 Å². The number of carbonyl (C=O) groups excluding carboxylic acids is 1. The van der Waals surface area contributed by atoms with Crippen molar-refractivity contribution in [3.8, 4) is 22.9 Å². The van der Waals surface area contributed by atoms with E-state index in [1.54, 1.807) is 42.5 Å². The van der Waals surface area contributed by atoms with Crippen molar-refractivity contribution in [1.29, 1.82) is 0 Å². The molecule has 0 aliphatic heterocycles. The van der Waals surface area contributed by atoms with Crippen molar-refractivity contribution in [3.63, 3.8) is 0 Å². The van der Waals surface area contributed by atoms with Gasteiger partial charge in [-0.15, -0.1) is 10.2 Å². The van der Waals surface area contributed by atoms with E-state index in [4.69, 9.17) is 4.42 Å². The van der Waals surface area contributed by atoms with Gasteiger partial charge in [-0.05, 0) is 49.4 Å². The maximum Gasteiger partial charge on any atom is 0.292 e. The fraction of sp³-hybridized carbons (Fsp3) is 0.125. The first-order valence-corrected chi connectivity index (χ1v) is 10.3. The van der Waals surface area contributed by atoms with Gasteiger partial charge in [0, 0.05) is 35.8 Å². The Balaban J connectivity index is 1.32.